The number of hydrogen-bond donors (Lipinski definition) is 0. The summed E-state index contributed by atoms with van der Waals surface area (Å²) in [5.74, 6) is -0.104. The zero-order chi connectivity index (χ0) is 15.0. The van der Waals surface area contributed by atoms with Gasteiger partial charge in [-0.05, 0) is 30.5 Å². The molecule has 3 rings (SSSR count). The average molecular weight is 282 g/mol. The van der Waals surface area contributed by atoms with Crippen LogP contribution in [-0.4, -0.2) is 17.4 Å². The second-order valence-corrected chi connectivity index (χ2v) is 5.09. The monoisotopic (exact) mass is 282 g/mol. The molecule has 1 heterocycles. The van der Waals surface area contributed by atoms with E-state index in [-0.39, 0.29) is 11.6 Å². The number of fused-ring (bicyclic) bond motifs is 1. The van der Waals surface area contributed by atoms with Gasteiger partial charge in [0.25, 0.3) is 11.6 Å². The quantitative estimate of drug-likeness (QED) is 0.628. The van der Waals surface area contributed by atoms with E-state index in [1.54, 1.807) is 17.0 Å². The van der Waals surface area contributed by atoms with Gasteiger partial charge in [0.15, 0.2) is 0 Å². The predicted molar refractivity (Wildman–Crippen MR) is 79.7 cm³/mol. The zero-order valence-electron chi connectivity index (χ0n) is 11.6. The highest BCUT2D eigenvalue weighted by Gasteiger charge is 2.28. The van der Waals surface area contributed by atoms with E-state index >= 15 is 0 Å². The summed E-state index contributed by atoms with van der Waals surface area (Å²) < 4.78 is 0. The molecule has 1 aliphatic rings. The first-order valence-corrected chi connectivity index (χ1v) is 6.73. The molecule has 0 aromatic heterocycles. The van der Waals surface area contributed by atoms with Gasteiger partial charge in [-0.25, -0.2) is 0 Å². The van der Waals surface area contributed by atoms with Crippen LogP contribution in [0.4, 0.5) is 11.4 Å². The smallest absolute Gasteiger partial charge is 0.271 e. The molecule has 1 amide bonds. The standard InChI is InChI=1S/C16H14N2O3/c1-11-4-2-3-5-14(11)16(19)17-9-8-12-6-7-13(18(20)21)10-15(12)17/h2-7,10H,8-9H2,1H3. The van der Waals surface area contributed by atoms with E-state index in [2.05, 4.69) is 0 Å². The van der Waals surface area contributed by atoms with Crippen LogP contribution in [0.3, 0.4) is 0 Å². The number of hydrogen-bond acceptors (Lipinski definition) is 3. The van der Waals surface area contributed by atoms with Crippen LogP contribution in [-0.2, 0) is 6.42 Å². The normalized spacial score (nSPS) is 13.1. The number of non-ortho nitro benzene ring substituents is 1. The maximum absolute atomic E-state index is 12.7. The molecule has 0 spiro atoms. The predicted octanol–water partition coefficient (Wildman–Crippen LogP) is 3.11. The van der Waals surface area contributed by atoms with Crippen LogP contribution in [0.1, 0.15) is 21.5 Å². The Bertz CT molecular complexity index is 740. The number of anilines is 1. The van der Waals surface area contributed by atoms with Crippen molar-refractivity contribution in [3.63, 3.8) is 0 Å². The van der Waals surface area contributed by atoms with Crippen LogP contribution in [0.2, 0.25) is 0 Å². The van der Waals surface area contributed by atoms with Crippen molar-refractivity contribution in [2.45, 2.75) is 13.3 Å². The van der Waals surface area contributed by atoms with Crippen LogP contribution in [0.15, 0.2) is 42.5 Å². The number of carbonyl (C=O) groups is 1. The summed E-state index contributed by atoms with van der Waals surface area (Å²) in [7, 11) is 0. The Kier molecular flexibility index (Phi) is 3.17. The molecule has 0 saturated carbocycles. The van der Waals surface area contributed by atoms with Crippen molar-refractivity contribution in [3.05, 3.63) is 69.3 Å². The fourth-order valence-corrected chi connectivity index (χ4v) is 2.65. The Morgan fingerprint density at radius 2 is 2.00 bits per heavy atom. The molecule has 0 fully saturated rings. The molecule has 0 radical (unpaired) electrons. The third-order valence-corrected chi connectivity index (χ3v) is 3.80. The van der Waals surface area contributed by atoms with Crippen LogP contribution >= 0.6 is 0 Å². The fourth-order valence-electron chi connectivity index (χ4n) is 2.65. The highest BCUT2D eigenvalue weighted by atomic mass is 16.6. The van der Waals surface area contributed by atoms with Gasteiger partial charge in [-0.15, -0.1) is 0 Å². The lowest BCUT2D eigenvalue weighted by Crippen LogP contribution is -2.29. The van der Waals surface area contributed by atoms with Gasteiger partial charge in [-0.1, -0.05) is 24.3 Å². The second-order valence-electron chi connectivity index (χ2n) is 5.09. The minimum atomic E-state index is -0.435. The van der Waals surface area contributed by atoms with Gasteiger partial charge in [0.1, 0.15) is 0 Å². The maximum atomic E-state index is 12.7. The van der Waals surface area contributed by atoms with Crippen molar-refractivity contribution in [2.24, 2.45) is 0 Å². The first-order chi connectivity index (χ1) is 10.1. The summed E-state index contributed by atoms with van der Waals surface area (Å²) in [5.41, 5.74) is 3.18. The molecule has 0 aliphatic carbocycles. The summed E-state index contributed by atoms with van der Waals surface area (Å²) >= 11 is 0. The zero-order valence-corrected chi connectivity index (χ0v) is 11.6. The van der Waals surface area contributed by atoms with Crippen LogP contribution in [0, 0.1) is 17.0 Å². The average Bonchev–Trinajstić information content (AvgIpc) is 2.90. The molecule has 5 nitrogen and oxygen atoms in total. The molecule has 21 heavy (non-hydrogen) atoms. The lowest BCUT2D eigenvalue weighted by atomic mass is 10.1. The van der Waals surface area contributed by atoms with Gasteiger partial charge in [0.2, 0.25) is 0 Å². The van der Waals surface area contributed by atoms with Gasteiger partial charge in [-0.2, -0.15) is 0 Å². The molecule has 2 aromatic rings. The Hall–Kier alpha value is -2.69. The molecular weight excluding hydrogens is 268 g/mol. The largest absolute Gasteiger partial charge is 0.307 e. The highest BCUT2D eigenvalue weighted by Crippen LogP contribution is 2.32. The number of benzene rings is 2. The molecule has 0 atom stereocenters. The van der Waals surface area contributed by atoms with Crippen molar-refractivity contribution in [2.75, 3.05) is 11.4 Å². The van der Waals surface area contributed by atoms with Gasteiger partial charge in [0, 0.05) is 24.2 Å². The SMILES string of the molecule is Cc1ccccc1C(=O)N1CCc2ccc([N+](=O)[O-])cc21. The summed E-state index contributed by atoms with van der Waals surface area (Å²) in [6, 6.07) is 12.1. The minimum Gasteiger partial charge on any atom is -0.307 e. The van der Waals surface area contributed by atoms with E-state index in [9.17, 15) is 14.9 Å². The number of aryl methyl sites for hydroxylation is 1. The van der Waals surface area contributed by atoms with Gasteiger partial charge >= 0.3 is 0 Å². The number of nitro groups is 1. The van der Waals surface area contributed by atoms with E-state index in [1.807, 2.05) is 25.1 Å². The summed E-state index contributed by atoms with van der Waals surface area (Å²) in [6.45, 7) is 2.45. The molecular formula is C16H14N2O3. The van der Waals surface area contributed by atoms with E-state index < -0.39 is 4.92 Å². The fraction of sp³-hybridized carbons (Fsp3) is 0.188. The van der Waals surface area contributed by atoms with E-state index in [0.29, 0.717) is 17.8 Å². The lowest BCUT2D eigenvalue weighted by Gasteiger charge is -2.18. The highest BCUT2D eigenvalue weighted by molar-refractivity contribution is 6.08. The van der Waals surface area contributed by atoms with Crippen molar-refractivity contribution < 1.29 is 9.72 Å². The maximum Gasteiger partial charge on any atom is 0.271 e. The molecule has 0 bridgehead atoms. The number of carbonyl (C=O) groups excluding carboxylic acids is 1. The Morgan fingerprint density at radius 1 is 1.24 bits per heavy atom. The molecule has 1 aliphatic heterocycles. The Balaban J connectivity index is 2.01. The van der Waals surface area contributed by atoms with Gasteiger partial charge < -0.3 is 4.90 Å². The molecule has 0 saturated heterocycles. The number of nitro benzene ring substituents is 1. The lowest BCUT2D eigenvalue weighted by molar-refractivity contribution is -0.384. The van der Waals surface area contributed by atoms with Crippen molar-refractivity contribution in [3.8, 4) is 0 Å². The molecule has 0 N–H and O–H groups in total. The van der Waals surface area contributed by atoms with Gasteiger partial charge in [-0.3, -0.25) is 14.9 Å². The molecule has 0 unspecified atom stereocenters. The number of amides is 1. The molecule has 106 valence electrons. The number of rotatable bonds is 2. The van der Waals surface area contributed by atoms with Crippen LogP contribution in [0.25, 0.3) is 0 Å². The Morgan fingerprint density at radius 3 is 2.71 bits per heavy atom. The van der Waals surface area contributed by atoms with Crippen molar-refractivity contribution in [1.29, 1.82) is 0 Å². The van der Waals surface area contributed by atoms with Crippen molar-refractivity contribution >= 4 is 17.3 Å². The minimum absolute atomic E-state index is 0.0123. The van der Waals surface area contributed by atoms with Crippen molar-refractivity contribution in [1.82, 2.24) is 0 Å². The Labute approximate surface area is 122 Å². The third kappa shape index (κ3) is 2.27. The molecule has 2 aromatic carbocycles. The van der Waals surface area contributed by atoms with E-state index in [1.165, 1.54) is 12.1 Å². The summed E-state index contributed by atoms with van der Waals surface area (Å²) in [4.78, 5) is 24.8. The topological polar surface area (TPSA) is 63.5 Å². The van der Waals surface area contributed by atoms with Gasteiger partial charge in [0.05, 0.1) is 10.6 Å². The summed E-state index contributed by atoms with van der Waals surface area (Å²) in [5, 5.41) is 10.9. The number of nitrogens with zero attached hydrogens (tertiary/aromatic N) is 2. The second kappa shape index (κ2) is 5.01. The van der Waals surface area contributed by atoms with Crippen LogP contribution in [0.5, 0.6) is 0 Å². The third-order valence-electron chi connectivity index (χ3n) is 3.80. The summed E-state index contributed by atoms with van der Waals surface area (Å²) in [6.07, 6.45) is 0.727. The van der Waals surface area contributed by atoms with E-state index in [0.717, 1.165) is 17.5 Å². The molecule has 5 heteroatoms. The van der Waals surface area contributed by atoms with E-state index in [4.69, 9.17) is 0 Å². The first kappa shape index (κ1) is 13.3. The first-order valence-electron chi connectivity index (χ1n) is 6.73. The van der Waals surface area contributed by atoms with Crippen LogP contribution < -0.4 is 4.90 Å².